The number of fused-ring (bicyclic) bond motifs is 8. The Kier molecular flexibility index (Phi) is 9.95. The molecule has 4 aromatic carbocycles. The largest absolute Gasteiger partial charge is 0.497 e. The molecule has 2 spiro atoms. The minimum atomic E-state index is -0.858. The van der Waals surface area contributed by atoms with Crippen molar-refractivity contribution in [2.45, 2.75) is 36.8 Å². The summed E-state index contributed by atoms with van der Waals surface area (Å²) < 4.78 is 34.9. The second kappa shape index (κ2) is 15.0. The number of hydrogen-bond acceptors (Lipinski definition) is 12. The number of benzene rings is 4. The molecule has 4 aromatic rings. The minimum Gasteiger partial charge on any atom is -0.497 e. The second-order valence-corrected chi connectivity index (χ2v) is 14.8. The molecular formula is C41H43BrN6O7. The van der Waals surface area contributed by atoms with Crippen LogP contribution in [0.5, 0.6) is 34.5 Å². The molecule has 0 bridgehead atoms. The smallest absolute Gasteiger partial charge is 0.283 e. The second-order valence-electron chi connectivity index (χ2n) is 13.9. The van der Waals surface area contributed by atoms with E-state index in [0.29, 0.717) is 29.4 Å². The van der Waals surface area contributed by atoms with Crippen LogP contribution < -0.4 is 35.7 Å². The van der Waals surface area contributed by atoms with Crippen LogP contribution in [0, 0.1) is 0 Å². The molecule has 1 amide bonds. The highest BCUT2D eigenvalue weighted by Gasteiger charge is 2.48. The molecule has 2 atom stereocenters. The number of methoxy groups -OCH3 is 2. The van der Waals surface area contributed by atoms with Crippen molar-refractivity contribution in [1.82, 2.24) is 10.2 Å². The molecule has 14 heteroatoms. The van der Waals surface area contributed by atoms with Gasteiger partial charge in [-0.25, -0.2) is 9.98 Å². The molecule has 6 aliphatic rings. The molecule has 10 rings (SSSR count). The SMILES string of the molecule is C1CCNC1.COc1ccc2c(c1)[C@@]1(COC(N)=N1)c1cc(C(=O)N3CCCC3)ccc1O2.COc1ccc2c(c1)[C@]1(COC(N)=N1)c1cc(Br)ccc1O2. The van der Waals surface area contributed by atoms with Gasteiger partial charge in [-0.05, 0) is 112 Å². The number of amides is 1. The van der Waals surface area contributed by atoms with E-state index < -0.39 is 11.1 Å². The number of likely N-dealkylation sites (tertiary alicyclic amines) is 1. The Balaban J connectivity index is 0.000000141. The van der Waals surface area contributed by atoms with Crippen molar-refractivity contribution in [3.8, 4) is 34.5 Å². The number of carbonyl (C=O) groups is 1. The lowest BCUT2D eigenvalue weighted by Crippen LogP contribution is -2.32. The third-order valence-electron chi connectivity index (χ3n) is 10.6. The van der Waals surface area contributed by atoms with Gasteiger partial charge in [0.1, 0.15) is 47.7 Å². The molecule has 13 nitrogen and oxygen atoms in total. The van der Waals surface area contributed by atoms with Crippen LogP contribution in [0.15, 0.2) is 87.3 Å². The van der Waals surface area contributed by atoms with Gasteiger partial charge >= 0.3 is 0 Å². The summed E-state index contributed by atoms with van der Waals surface area (Å²) in [6, 6.07) is 22.9. The van der Waals surface area contributed by atoms with Crippen LogP contribution in [0.3, 0.4) is 0 Å². The number of amidine groups is 2. The molecule has 0 radical (unpaired) electrons. The van der Waals surface area contributed by atoms with Crippen molar-refractivity contribution in [2.75, 3.05) is 53.6 Å². The van der Waals surface area contributed by atoms with E-state index in [1.807, 2.05) is 77.7 Å². The number of aliphatic imine (C=N–C) groups is 2. The van der Waals surface area contributed by atoms with Gasteiger partial charge in [0.05, 0.1) is 14.2 Å². The average Bonchev–Trinajstić information content (AvgIpc) is 4.06. The molecule has 2 saturated heterocycles. The van der Waals surface area contributed by atoms with Gasteiger partial charge in [-0.15, -0.1) is 0 Å². The van der Waals surface area contributed by atoms with E-state index in [1.165, 1.54) is 25.9 Å². The van der Waals surface area contributed by atoms with E-state index in [9.17, 15) is 4.79 Å². The first kappa shape index (κ1) is 36.5. The zero-order valence-electron chi connectivity index (χ0n) is 30.7. The van der Waals surface area contributed by atoms with Gasteiger partial charge in [0.2, 0.25) is 0 Å². The van der Waals surface area contributed by atoms with Gasteiger partial charge in [0, 0.05) is 45.4 Å². The topological polar surface area (TPSA) is 164 Å². The molecular weight excluding hydrogens is 768 g/mol. The fourth-order valence-corrected chi connectivity index (χ4v) is 8.12. The van der Waals surface area contributed by atoms with E-state index in [1.54, 1.807) is 14.2 Å². The van der Waals surface area contributed by atoms with Gasteiger partial charge in [-0.3, -0.25) is 4.79 Å². The lowest BCUT2D eigenvalue weighted by molar-refractivity contribution is 0.0792. The highest BCUT2D eigenvalue weighted by atomic mass is 79.9. The summed E-state index contributed by atoms with van der Waals surface area (Å²) in [6.07, 6.45) is 4.87. The number of halogens is 1. The molecule has 5 N–H and O–H groups in total. The fourth-order valence-electron chi connectivity index (χ4n) is 7.76. The Morgan fingerprint density at radius 3 is 1.62 bits per heavy atom. The number of nitrogens with one attached hydrogen (secondary N) is 1. The third-order valence-corrected chi connectivity index (χ3v) is 11.1. The molecule has 2 fully saturated rings. The number of rotatable bonds is 3. The van der Waals surface area contributed by atoms with Crippen LogP contribution in [-0.4, -0.2) is 76.5 Å². The Labute approximate surface area is 327 Å². The predicted octanol–water partition coefficient (Wildman–Crippen LogP) is 6.15. The first-order valence-corrected chi connectivity index (χ1v) is 19.2. The predicted molar refractivity (Wildman–Crippen MR) is 211 cm³/mol. The van der Waals surface area contributed by atoms with E-state index in [0.717, 1.165) is 69.9 Å². The van der Waals surface area contributed by atoms with Crippen LogP contribution in [0.25, 0.3) is 0 Å². The Morgan fingerprint density at radius 2 is 1.16 bits per heavy atom. The maximum atomic E-state index is 12.9. The molecule has 6 aliphatic heterocycles. The zero-order chi connectivity index (χ0) is 38.2. The summed E-state index contributed by atoms with van der Waals surface area (Å²) in [5, 5.41) is 3.22. The highest BCUT2D eigenvalue weighted by molar-refractivity contribution is 9.10. The zero-order valence-corrected chi connectivity index (χ0v) is 32.3. The normalized spacial score (nSPS) is 22.1. The molecule has 55 heavy (non-hydrogen) atoms. The lowest BCUT2D eigenvalue weighted by atomic mass is 9.80. The standard InChI is InChI=1S/C21H21N3O4.C16H13BrN2O3.C4H9N/c1-26-14-5-7-18-16(11-14)21(12-27-20(22)23-21)15-10-13(4-6-17(15)28-18)19(25)24-8-2-3-9-24;1-20-10-3-5-14-12(7-10)16(8-21-15(18)19-16)11-6-9(17)2-4-13(11)22-14;1-2-4-5-3-1/h4-7,10-11H,2-3,8-9,12H2,1H3,(H2,22,23);2-7H,8H2,1H3,(H2,18,19);5H,1-4H2/t21-;16-;/m10./s1. The Morgan fingerprint density at radius 1 is 0.691 bits per heavy atom. The summed E-state index contributed by atoms with van der Waals surface area (Å²) >= 11 is 3.50. The van der Waals surface area contributed by atoms with Crippen molar-refractivity contribution in [2.24, 2.45) is 21.5 Å². The van der Waals surface area contributed by atoms with E-state index in [2.05, 4.69) is 31.2 Å². The number of ether oxygens (including phenoxy) is 6. The summed E-state index contributed by atoms with van der Waals surface area (Å²) in [7, 11) is 3.24. The molecule has 0 saturated carbocycles. The number of carbonyl (C=O) groups excluding carboxylic acids is 1. The molecule has 286 valence electrons. The van der Waals surface area contributed by atoms with Crippen molar-refractivity contribution < 1.29 is 33.2 Å². The maximum absolute atomic E-state index is 12.9. The van der Waals surface area contributed by atoms with Gasteiger partial charge < -0.3 is 50.1 Å². The van der Waals surface area contributed by atoms with Gasteiger partial charge in [0.15, 0.2) is 11.1 Å². The molecule has 0 aromatic heterocycles. The van der Waals surface area contributed by atoms with Crippen LogP contribution in [0.4, 0.5) is 0 Å². The third kappa shape index (κ3) is 6.78. The van der Waals surface area contributed by atoms with Crippen molar-refractivity contribution in [3.05, 3.63) is 105 Å². The van der Waals surface area contributed by atoms with Crippen LogP contribution in [0.1, 0.15) is 58.3 Å². The van der Waals surface area contributed by atoms with Gasteiger partial charge in [-0.1, -0.05) is 15.9 Å². The van der Waals surface area contributed by atoms with Crippen LogP contribution >= 0.6 is 15.9 Å². The monoisotopic (exact) mass is 810 g/mol. The summed E-state index contributed by atoms with van der Waals surface area (Å²) in [5.74, 6) is 4.27. The van der Waals surface area contributed by atoms with Crippen LogP contribution in [0.2, 0.25) is 0 Å². The molecule has 6 heterocycles. The van der Waals surface area contributed by atoms with Crippen LogP contribution in [-0.2, 0) is 20.6 Å². The number of hydrogen-bond donors (Lipinski definition) is 3. The highest BCUT2D eigenvalue weighted by Crippen LogP contribution is 2.53. The number of nitrogens with zero attached hydrogens (tertiary/aromatic N) is 3. The van der Waals surface area contributed by atoms with E-state index in [4.69, 9.17) is 39.9 Å². The quantitative estimate of drug-likeness (QED) is 0.219. The fraction of sp³-hybridized carbons (Fsp3) is 0.341. The lowest BCUT2D eigenvalue weighted by Gasteiger charge is -2.34. The minimum absolute atomic E-state index is 0.0303. The van der Waals surface area contributed by atoms with Crippen molar-refractivity contribution >= 4 is 33.9 Å². The van der Waals surface area contributed by atoms with Gasteiger partial charge in [0.25, 0.3) is 18.0 Å². The van der Waals surface area contributed by atoms with Gasteiger partial charge in [-0.2, -0.15) is 0 Å². The Bertz CT molecular complexity index is 2180. The molecule has 0 unspecified atom stereocenters. The first-order valence-electron chi connectivity index (χ1n) is 18.4. The maximum Gasteiger partial charge on any atom is 0.283 e. The summed E-state index contributed by atoms with van der Waals surface area (Å²) in [4.78, 5) is 24.0. The van der Waals surface area contributed by atoms with Crippen molar-refractivity contribution in [1.29, 1.82) is 0 Å². The summed E-state index contributed by atoms with van der Waals surface area (Å²) in [6.45, 7) is 4.68. The first-order chi connectivity index (χ1) is 26.7. The Hall–Kier alpha value is -5.47. The van der Waals surface area contributed by atoms with E-state index >= 15 is 0 Å². The molecule has 0 aliphatic carbocycles. The van der Waals surface area contributed by atoms with Crippen molar-refractivity contribution in [3.63, 3.8) is 0 Å². The van der Waals surface area contributed by atoms with E-state index in [-0.39, 0.29) is 24.6 Å². The number of nitrogens with two attached hydrogens (primary N) is 2. The summed E-state index contributed by atoms with van der Waals surface area (Å²) in [5.41, 5.74) is 14.2. The average molecular weight is 812 g/mol.